The Morgan fingerprint density at radius 2 is 1.45 bits per heavy atom. The highest BCUT2D eigenvalue weighted by Gasteiger charge is 2.34. The standard InChI is InChI=1S/C15H19NO5.C12H26N2O2.ClH/c1-4-15(2,3)14(21)16(9-12(17)18)11-8-6-5-7-10(11)13(19)20;1-7-12(2,3)11(16)13-8-10(15)9-14(4,5)6;/h5-8H,4,9H2,1-3H3,(H,17,18)(H,19,20);10,15H,7-9H2,1-6H3;1H. The molecular weight excluding hydrogens is 514 g/mol. The van der Waals surface area contributed by atoms with Gasteiger partial charge in [-0.05, 0) is 25.0 Å². The quantitative estimate of drug-likeness (QED) is 0.261. The first-order valence-electron chi connectivity index (χ1n) is 12.4. The Bertz CT molecular complexity index is 943. The fourth-order valence-corrected chi connectivity index (χ4v) is 3.12. The van der Waals surface area contributed by atoms with Gasteiger partial charge in [0.05, 0.1) is 32.4 Å². The lowest BCUT2D eigenvalue weighted by Gasteiger charge is -2.31. The lowest BCUT2D eigenvalue weighted by Crippen LogP contribution is -3.00. The first kappa shape index (κ1) is 37.5. The van der Waals surface area contributed by atoms with Crippen molar-refractivity contribution in [2.45, 2.75) is 60.5 Å². The number of nitrogens with one attached hydrogen (secondary N) is 1. The number of benzene rings is 1. The molecule has 0 bridgehead atoms. The Morgan fingerprint density at radius 1 is 0.947 bits per heavy atom. The Balaban J connectivity index is 0. The van der Waals surface area contributed by atoms with E-state index in [-0.39, 0.29) is 35.0 Å². The number of rotatable bonds is 12. The molecule has 218 valence electrons. The molecule has 0 aliphatic carbocycles. The topological polar surface area (TPSA) is 144 Å². The zero-order valence-corrected chi connectivity index (χ0v) is 24.9. The molecule has 1 unspecified atom stereocenters. The van der Waals surface area contributed by atoms with Crippen molar-refractivity contribution in [3.63, 3.8) is 0 Å². The van der Waals surface area contributed by atoms with Gasteiger partial charge < -0.3 is 37.5 Å². The van der Waals surface area contributed by atoms with E-state index in [2.05, 4.69) is 5.32 Å². The lowest BCUT2D eigenvalue weighted by atomic mass is 9.88. The van der Waals surface area contributed by atoms with Crippen molar-refractivity contribution in [3.8, 4) is 0 Å². The van der Waals surface area contributed by atoms with Gasteiger partial charge in [-0.25, -0.2) is 4.79 Å². The number of aliphatic carboxylic acids is 1. The molecule has 0 aliphatic heterocycles. The van der Waals surface area contributed by atoms with Gasteiger partial charge in [-0.3, -0.25) is 19.3 Å². The van der Waals surface area contributed by atoms with E-state index in [1.807, 2.05) is 48.8 Å². The molecule has 1 atom stereocenters. The molecule has 1 aromatic rings. The number of hydrogen-bond acceptors (Lipinski definition) is 5. The summed E-state index contributed by atoms with van der Waals surface area (Å²) in [6.07, 6.45) is 0.818. The van der Waals surface area contributed by atoms with E-state index in [0.29, 0.717) is 24.0 Å². The zero-order chi connectivity index (χ0) is 29.2. The van der Waals surface area contributed by atoms with Crippen molar-refractivity contribution in [2.75, 3.05) is 45.7 Å². The number of amides is 2. The molecule has 0 aliphatic rings. The zero-order valence-electron chi connectivity index (χ0n) is 24.2. The fourth-order valence-electron chi connectivity index (χ4n) is 3.12. The van der Waals surface area contributed by atoms with Crippen LogP contribution in [0.3, 0.4) is 0 Å². The fraction of sp³-hybridized carbons (Fsp3) is 0.630. The number of likely N-dealkylation sites (N-methyl/N-ethyl adjacent to an activating group) is 1. The smallest absolute Gasteiger partial charge is 0.337 e. The third-order valence-electron chi connectivity index (χ3n) is 6.18. The van der Waals surface area contributed by atoms with Crippen LogP contribution in [0.25, 0.3) is 0 Å². The largest absolute Gasteiger partial charge is 1.00 e. The van der Waals surface area contributed by atoms with Crippen LogP contribution in [-0.2, 0) is 14.4 Å². The van der Waals surface area contributed by atoms with Gasteiger partial charge in [0.1, 0.15) is 19.2 Å². The summed E-state index contributed by atoms with van der Waals surface area (Å²) in [7, 11) is 6.04. The molecule has 0 spiro atoms. The van der Waals surface area contributed by atoms with Crippen LogP contribution in [0.2, 0.25) is 0 Å². The first-order chi connectivity index (χ1) is 16.8. The maximum Gasteiger partial charge on any atom is 0.337 e. The molecule has 1 rings (SSSR count). The van der Waals surface area contributed by atoms with Crippen molar-refractivity contribution in [2.24, 2.45) is 10.8 Å². The summed E-state index contributed by atoms with van der Waals surface area (Å²) in [6.45, 7) is 11.4. The van der Waals surface area contributed by atoms with E-state index >= 15 is 0 Å². The molecule has 0 aromatic heterocycles. The summed E-state index contributed by atoms with van der Waals surface area (Å²) >= 11 is 0. The summed E-state index contributed by atoms with van der Waals surface area (Å²) in [5.41, 5.74) is -1.13. The summed E-state index contributed by atoms with van der Waals surface area (Å²) < 4.78 is 0.689. The second kappa shape index (κ2) is 15.7. The number of para-hydroxylation sites is 1. The maximum absolute atomic E-state index is 12.6. The number of carbonyl (C=O) groups is 4. The van der Waals surface area contributed by atoms with Crippen LogP contribution >= 0.6 is 0 Å². The molecule has 2 amide bonds. The molecule has 4 N–H and O–H groups in total. The third kappa shape index (κ3) is 12.7. The van der Waals surface area contributed by atoms with Crippen molar-refractivity contribution in [1.82, 2.24) is 5.32 Å². The van der Waals surface area contributed by atoms with Gasteiger partial charge in [0.15, 0.2) is 0 Å². The van der Waals surface area contributed by atoms with Crippen molar-refractivity contribution >= 4 is 29.4 Å². The third-order valence-corrected chi connectivity index (χ3v) is 6.18. The van der Waals surface area contributed by atoms with Crippen LogP contribution in [0.4, 0.5) is 5.69 Å². The van der Waals surface area contributed by atoms with E-state index in [1.165, 1.54) is 18.2 Å². The molecule has 0 fully saturated rings. The second-order valence-corrected chi connectivity index (χ2v) is 11.4. The molecule has 11 heteroatoms. The van der Waals surface area contributed by atoms with Crippen LogP contribution in [-0.4, -0.2) is 90.4 Å². The highest BCUT2D eigenvalue weighted by Crippen LogP contribution is 2.29. The average Bonchev–Trinajstić information content (AvgIpc) is 2.79. The summed E-state index contributed by atoms with van der Waals surface area (Å²) in [5, 5.41) is 30.8. The number of nitrogens with zero attached hydrogens (tertiary/aromatic N) is 2. The number of aliphatic hydroxyl groups excluding tert-OH is 1. The number of carbonyl (C=O) groups excluding carboxylic acids is 2. The predicted octanol–water partition coefficient (Wildman–Crippen LogP) is -0.151. The van der Waals surface area contributed by atoms with Gasteiger partial charge in [0, 0.05) is 17.4 Å². The number of quaternary nitrogens is 1. The molecular formula is C27H46ClN3O7. The second-order valence-electron chi connectivity index (χ2n) is 11.4. The monoisotopic (exact) mass is 559 g/mol. The number of carboxylic acids is 2. The number of halogens is 1. The van der Waals surface area contributed by atoms with Crippen LogP contribution < -0.4 is 22.6 Å². The molecule has 38 heavy (non-hydrogen) atoms. The Hall–Kier alpha value is -2.69. The number of aliphatic hydroxyl groups is 1. The molecule has 0 saturated carbocycles. The minimum atomic E-state index is -1.21. The van der Waals surface area contributed by atoms with E-state index in [1.54, 1.807) is 19.9 Å². The first-order valence-corrected chi connectivity index (χ1v) is 12.4. The van der Waals surface area contributed by atoms with Gasteiger partial charge >= 0.3 is 11.9 Å². The molecule has 1 aromatic carbocycles. The van der Waals surface area contributed by atoms with E-state index in [0.717, 1.165) is 11.3 Å². The highest BCUT2D eigenvalue weighted by molar-refractivity contribution is 6.05. The number of aromatic carboxylic acids is 1. The van der Waals surface area contributed by atoms with Gasteiger partial charge in [-0.15, -0.1) is 0 Å². The molecule has 0 saturated heterocycles. The number of carboxylic acid groups (broad SMARTS) is 2. The minimum absolute atomic E-state index is 0. The van der Waals surface area contributed by atoms with Crippen molar-refractivity contribution < 1.29 is 51.4 Å². The summed E-state index contributed by atoms with van der Waals surface area (Å²) in [4.78, 5) is 47.6. The molecule has 0 heterocycles. The van der Waals surface area contributed by atoms with Crippen LogP contribution in [0.1, 0.15) is 64.7 Å². The van der Waals surface area contributed by atoms with Gasteiger partial charge in [-0.1, -0.05) is 53.7 Å². The minimum Gasteiger partial charge on any atom is -1.00 e. The van der Waals surface area contributed by atoms with E-state index in [4.69, 9.17) is 5.11 Å². The van der Waals surface area contributed by atoms with Gasteiger partial charge in [-0.2, -0.15) is 0 Å². The van der Waals surface area contributed by atoms with Crippen molar-refractivity contribution in [1.29, 1.82) is 0 Å². The Morgan fingerprint density at radius 3 is 1.87 bits per heavy atom. The SMILES string of the molecule is CCC(C)(C)C(=O)N(CC(=O)O)c1ccccc1C(=O)O.CCC(C)(C)C(=O)NCC(O)C[N+](C)(C)C.[Cl-]. The van der Waals surface area contributed by atoms with Gasteiger partial charge in [0.25, 0.3) is 0 Å². The molecule has 0 radical (unpaired) electrons. The number of anilines is 1. The van der Waals surface area contributed by atoms with E-state index < -0.39 is 35.9 Å². The van der Waals surface area contributed by atoms with Crippen LogP contribution in [0.5, 0.6) is 0 Å². The normalized spacial score (nSPS) is 12.3. The maximum atomic E-state index is 12.6. The van der Waals surface area contributed by atoms with Gasteiger partial charge in [0.2, 0.25) is 11.8 Å². The average molecular weight is 560 g/mol. The Labute approximate surface area is 233 Å². The molecule has 10 nitrogen and oxygen atoms in total. The van der Waals surface area contributed by atoms with Crippen molar-refractivity contribution in [3.05, 3.63) is 29.8 Å². The van der Waals surface area contributed by atoms with E-state index in [9.17, 15) is 29.4 Å². The number of hydrogen-bond donors (Lipinski definition) is 4. The summed E-state index contributed by atoms with van der Waals surface area (Å²) in [5.74, 6) is -2.81. The predicted molar refractivity (Wildman–Crippen MR) is 143 cm³/mol. The highest BCUT2D eigenvalue weighted by atomic mass is 35.5. The van der Waals surface area contributed by atoms with Crippen LogP contribution in [0.15, 0.2) is 24.3 Å². The lowest BCUT2D eigenvalue weighted by molar-refractivity contribution is -0.873. The summed E-state index contributed by atoms with van der Waals surface area (Å²) in [6, 6.07) is 5.89. The van der Waals surface area contributed by atoms with Crippen LogP contribution in [0, 0.1) is 10.8 Å². The Kier molecular flexibility index (Phi) is 15.4.